The molecule has 0 fully saturated rings. The minimum Gasteiger partial charge on any atom is -0.508 e. The van der Waals surface area contributed by atoms with Crippen LogP contribution in [-0.2, 0) is 9.59 Å². The van der Waals surface area contributed by atoms with Crippen LogP contribution < -0.4 is 0 Å². The van der Waals surface area contributed by atoms with Crippen LogP contribution in [0.1, 0.15) is 30.9 Å². The summed E-state index contributed by atoms with van der Waals surface area (Å²) in [7, 11) is 0. The van der Waals surface area contributed by atoms with Gasteiger partial charge in [-0.3, -0.25) is 9.59 Å². The normalized spacial score (nSPS) is 10.4. The highest BCUT2D eigenvalue weighted by Crippen LogP contribution is 2.24. The Balaban J connectivity index is 3.18. The van der Waals surface area contributed by atoms with Crippen LogP contribution in [0.2, 0.25) is 0 Å². The van der Waals surface area contributed by atoms with Gasteiger partial charge in [-0.2, -0.15) is 0 Å². The van der Waals surface area contributed by atoms with E-state index in [0.717, 1.165) is 5.56 Å². The zero-order chi connectivity index (χ0) is 11.6. The third-order valence-corrected chi connectivity index (χ3v) is 2.38. The number of phenols is 1. The third-order valence-electron chi connectivity index (χ3n) is 2.38. The van der Waals surface area contributed by atoms with E-state index in [1.165, 1.54) is 19.9 Å². The van der Waals surface area contributed by atoms with Crippen LogP contribution in [0.3, 0.4) is 0 Å². The Bertz CT molecular complexity index is 393. The first kappa shape index (κ1) is 11.4. The Morgan fingerprint density at radius 2 is 1.73 bits per heavy atom. The zero-order valence-electron chi connectivity index (χ0n) is 9.07. The average molecular weight is 206 g/mol. The molecule has 0 bridgehead atoms. The first-order valence-corrected chi connectivity index (χ1v) is 4.74. The van der Waals surface area contributed by atoms with Gasteiger partial charge in [0.2, 0.25) is 0 Å². The zero-order valence-corrected chi connectivity index (χ0v) is 9.07. The van der Waals surface area contributed by atoms with Crippen LogP contribution in [0, 0.1) is 6.92 Å². The number of ketones is 2. The van der Waals surface area contributed by atoms with Gasteiger partial charge in [0.25, 0.3) is 0 Å². The van der Waals surface area contributed by atoms with E-state index >= 15 is 0 Å². The Morgan fingerprint density at radius 3 is 2.13 bits per heavy atom. The van der Waals surface area contributed by atoms with Crippen molar-refractivity contribution in [3.63, 3.8) is 0 Å². The standard InChI is InChI=1S/C12H14O3/c1-7-4-5-10(6-11(7)15)12(8(2)13)9(3)14/h4-6,12,15H,1-3H3. The summed E-state index contributed by atoms with van der Waals surface area (Å²) in [5.41, 5.74) is 1.28. The van der Waals surface area contributed by atoms with Gasteiger partial charge >= 0.3 is 0 Å². The van der Waals surface area contributed by atoms with Gasteiger partial charge in [-0.1, -0.05) is 12.1 Å². The minimum atomic E-state index is -0.753. The molecule has 0 aliphatic carbocycles. The second-order valence-corrected chi connectivity index (χ2v) is 3.70. The fourth-order valence-electron chi connectivity index (χ4n) is 1.56. The first-order valence-electron chi connectivity index (χ1n) is 4.74. The summed E-state index contributed by atoms with van der Waals surface area (Å²) in [4.78, 5) is 22.6. The van der Waals surface area contributed by atoms with Gasteiger partial charge in [-0.25, -0.2) is 0 Å². The number of hydrogen-bond acceptors (Lipinski definition) is 3. The van der Waals surface area contributed by atoms with Crippen LogP contribution in [0.5, 0.6) is 5.75 Å². The molecule has 1 N–H and O–H groups in total. The highest BCUT2D eigenvalue weighted by molar-refractivity contribution is 6.05. The molecule has 3 nitrogen and oxygen atoms in total. The third kappa shape index (κ3) is 2.43. The van der Waals surface area contributed by atoms with Gasteiger partial charge in [0.15, 0.2) is 0 Å². The van der Waals surface area contributed by atoms with E-state index in [4.69, 9.17) is 0 Å². The van der Waals surface area contributed by atoms with Crippen molar-refractivity contribution in [2.75, 3.05) is 0 Å². The lowest BCUT2D eigenvalue weighted by molar-refractivity contribution is -0.126. The Hall–Kier alpha value is -1.64. The predicted octanol–water partition coefficient (Wildman–Crippen LogP) is 1.96. The molecule has 0 aliphatic heterocycles. The Kier molecular flexibility index (Phi) is 3.24. The molecule has 80 valence electrons. The maximum absolute atomic E-state index is 11.3. The van der Waals surface area contributed by atoms with Crippen molar-refractivity contribution in [3.8, 4) is 5.75 Å². The van der Waals surface area contributed by atoms with Gasteiger partial charge in [0.1, 0.15) is 23.2 Å². The van der Waals surface area contributed by atoms with Crippen molar-refractivity contribution in [2.45, 2.75) is 26.7 Å². The summed E-state index contributed by atoms with van der Waals surface area (Å²) in [6.45, 7) is 4.52. The monoisotopic (exact) mass is 206 g/mol. The number of Topliss-reactive ketones (excluding diaryl/α,β-unsaturated/α-hetero) is 2. The molecule has 3 heteroatoms. The number of aryl methyl sites for hydroxylation is 1. The molecule has 0 saturated heterocycles. The Labute approximate surface area is 88.7 Å². The van der Waals surface area contributed by atoms with Crippen LogP contribution >= 0.6 is 0 Å². The lowest BCUT2D eigenvalue weighted by Crippen LogP contribution is -2.16. The molecule has 0 amide bonds. The van der Waals surface area contributed by atoms with E-state index < -0.39 is 5.92 Å². The summed E-state index contributed by atoms with van der Waals surface area (Å²) >= 11 is 0. The molecule has 1 aromatic rings. The van der Waals surface area contributed by atoms with Gasteiger partial charge in [0.05, 0.1) is 0 Å². The van der Waals surface area contributed by atoms with Crippen molar-refractivity contribution in [1.29, 1.82) is 0 Å². The number of benzene rings is 1. The number of hydrogen-bond donors (Lipinski definition) is 1. The lowest BCUT2D eigenvalue weighted by atomic mass is 9.91. The van der Waals surface area contributed by atoms with Crippen LogP contribution in [-0.4, -0.2) is 16.7 Å². The van der Waals surface area contributed by atoms with E-state index in [2.05, 4.69) is 0 Å². The van der Waals surface area contributed by atoms with Crippen molar-refractivity contribution in [2.24, 2.45) is 0 Å². The number of rotatable bonds is 3. The molecule has 15 heavy (non-hydrogen) atoms. The van der Waals surface area contributed by atoms with Crippen molar-refractivity contribution < 1.29 is 14.7 Å². The topological polar surface area (TPSA) is 54.4 Å². The molecule has 0 heterocycles. The van der Waals surface area contributed by atoms with Crippen molar-refractivity contribution in [1.82, 2.24) is 0 Å². The number of phenolic OH excluding ortho intramolecular Hbond substituents is 1. The quantitative estimate of drug-likeness (QED) is 0.769. The highest BCUT2D eigenvalue weighted by Gasteiger charge is 2.22. The molecule has 1 rings (SSSR count). The van der Waals surface area contributed by atoms with E-state index in [1.807, 2.05) is 0 Å². The molecule has 0 atom stereocenters. The maximum atomic E-state index is 11.3. The maximum Gasteiger partial charge on any atom is 0.144 e. The van der Waals surface area contributed by atoms with Crippen molar-refractivity contribution >= 4 is 11.6 Å². The molecule has 0 unspecified atom stereocenters. The van der Waals surface area contributed by atoms with Gasteiger partial charge < -0.3 is 5.11 Å². The molecule has 1 aromatic carbocycles. The highest BCUT2D eigenvalue weighted by atomic mass is 16.3. The smallest absolute Gasteiger partial charge is 0.144 e. The van der Waals surface area contributed by atoms with Crippen LogP contribution in [0.4, 0.5) is 0 Å². The van der Waals surface area contributed by atoms with Crippen LogP contribution in [0.25, 0.3) is 0 Å². The fourth-order valence-corrected chi connectivity index (χ4v) is 1.56. The molecule has 0 saturated carbocycles. The molecule has 0 aromatic heterocycles. The molecular formula is C12H14O3. The van der Waals surface area contributed by atoms with E-state index in [-0.39, 0.29) is 17.3 Å². The fraction of sp³-hybridized carbons (Fsp3) is 0.333. The van der Waals surface area contributed by atoms with Gasteiger partial charge in [0, 0.05) is 0 Å². The number of carbonyl (C=O) groups is 2. The van der Waals surface area contributed by atoms with Crippen LogP contribution in [0.15, 0.2) is 18.2 Å². The summed E-state index contributed by atoms with van der Waals surface area (Å²) in [5.74, 6) is -1.05. The van der Waals surface area contributed by atoms with Gasteiger partial charge in [-0.05, 0) is 38.0 Å². The second kappa shape index (κ2) is 4.26. The molecular weight excluding hydrogens is 192 g/mol. The van der Waals surface area contributed by atoms with Crippen molar-refractivity contribution in [3.05, 3.63) is 29.3 Å². The molecule has 0 spiro atoms. The summed E-state index contributed by atoms with van der Waals surface area (Å²) in [5, 5.41) is 9.49. The minimum absolute atomic E-state index is 0.111. The van der Waals surface area contributed by atoms with E-state index in [0.29, 0.717) is 5.56 Å². The van der Waals surface area contributed by atoms with E-state index in [1.54, 1.807) is 19.1 Å². The predicted molar refractivity (Wildman–Crippen MR) is 56.9 cm³/mol. The first-order chi connectivity index (χ1) is 6.93. The van der Waals surface area contributed by atoms with Gasteiger partial charge in [-0.15, -0.1) is 0 Å². The largest absolute Gasteiger partial charge is 0.508 e. The summed E-state index contributed by atoms with van der Waals surface area (Å²) in [6, 6.07) is 4.87. The second-order valence-electron chi connectivity index (χ2n) is 3.70. The SMILES string of the molecule is CC(=O)C(C(C)=O)c1ccc(C)c(O)c1. The van der Waals surface area contributed by atoms with E-state index in [9.17, 15) is 14.7 Å². The molecule has 0 aliphatic rings. The number of aromatic hydroxyl groups is 1. The number of carbonyl (C=O) groups excluding carboxylic acids is 2. The summed E-state index contributed by atoms with van der Waals surface area (Å²) in [6.07, 6.45) is 0. The summed E-state index contributed by atoms with van der Waals surface area (Å²) < 4.78 is 0. The Morgan fingerprint density at radius 1 is 1.20 bits per heavy atom. The molecule has 0 radical (unpaired) electrons. The average Bonchev–Trinajstić information content (AvgIpc) is 2.10. The lowest BCUT2D eigenvalue weighted by Gasteiger charge is -2.11.